The van der Waals surface area contributed by atoms with E-state index in [2.05, 4.69) is 5.32 Å². The number of carboxylic acids is 1. The Kier molecular flexibility index (Phi) is 11.3. The molecule has 3 aromatic rings. The lowest BCUT2D eigenvalue weighted by atomic mass is 10.0. The summed E-state index contributed by atoms with van der Waals surface area (Å²) >= 11 is 5.96. The number of nitrogens with one attached hydrogen (secondary N) is 1. The molecule has 3 aromatic carbocycles. The van der Waals surface area contributed by atoms with Crippen molar-refractivity contribution in [2.24, 2.45) is 5.92 Å². The van der Waals surface area contributed by atoms with Crippen LogP contribution in [-0.2, 0) is 0 Å². The molecule has 1 atom stereocenters. The van der Waals surface area contributed by atoms with E-state index in [1.165, 1.54) is 0 Å². The number of aliphatic hydroxyl groups excluding tert-OH is 1. The van der Waals surface area contributed by atoms with Gasteiger partial charge in [0.1, 0.15) is 23.7 Å². The van der Waals surface area contributed by atoms with Gasteiger partial charge in [0, 0.05) is 18.1 Å². The van der Waals surface area contributed by atoms with Crippen molar-refractivity contribution >= 4 is 30.0 Å². The smallest absolute Gasteiger partial charge is 0.339 e. The van der Waals surface area contributed by atoms with E-state index in [1.807, 2.05) is 50.2 Å². The third kappa shape index (κ3) is 8.75. The van der Waals surface area contributed by atoms with E-state index in [9.17, 15) is 15.0 Å². The van der Waals surface area contributed by atoms with Gasteiger partial charge in [0.2, 0.25) is 0 Å². The van der Waals surface area contributed by atoms with Gasteiger partial charge in [-0.05, 0) is 59.0 Å². The SMILES string of the molecule is CC(C)COc1cc(-c2ccc(OCCNC[C@@H](O)c3cccc(Cl)c3)cc2)ccc1C(=O)O.Cl. The van der Waals surface area contributed by atoms with Crippen LogP contribution in [0.1, 0.15) is 35.9 Å². The molecule has 0 aliphatic rings. The maximum Gasteiger partial charge on any atom is 0.339 e. The molecule has 0 aliphatic heterocycles. The summed E-state index contributed by atoms with van der Waals surface area (Å²) in [4.78, 5) is 11.5. The van der Waals surface area contributed by atoms with Crippen LogP contribution in [0.4, 0.5) is 0 Å². The van der Waals surface area contributed by atoms with Crippen molar-refractivity contribution in [3.63, 3.8) is 0 Å². The van der Waals surface area contributed by atoms with Crippen LogP contribution in [0.15, 0.2) is 66.7 Å². The second-order valence-electron chi connectivity index (χ2n) is 8.37. The van der Waals surface area contributed by atoms with Gasteiger partial charge in [0.05, 0.1) is 12.7 Å². The zero-order valence-corrected chi connectivity index (χ0v) is 21.3. The first-order valence-electron chi connectivity index (χ1n) is 11.2. The number of carbonyl (C=O) groups is 1. The second kappa shape index (κ2) is 14.0. The molecule has 0 unspecified atom stereocenters. The summed E-state index contributed by atoms with van der Waals surface area (Å²) in [5.74, 6) is 0.364. The summed E-state index contributed by atoms with van der Waals surface area (Å²) in [6, 6.07) is 19.9. The van der Waals surface area contributed by atoms with Crippen molar-refractivity contribution in [2.45, 2.75) is 20.0 Å². The Morgan fingerprint density at radius 1 is 1.00 bits per heavy atom. The molecule has 0 amide bonds. The Labute approximate surface area is 217 Å². The molecule has 0 bridgehead atoms. The van der Waals surface area contributed by atoms with E-state index in [0.29, 0.717) is 37.1 Å². The molecule has 8 heteroatoms. The van der Waals surface area contributed by atoms with Gasteiger partial charge >= 0.3 is 5.97 Å². The zero-order chi connectivity index (χ0) is 24.5. The van der Waals surface area contributed by atoms with Gasteiger partial charge in [0.15, 0.2) is 0 Å². The highest BCUT2D eigenvalue weighted by Crippen LogP contribution is 2.29. The van der Waals surface area contributed by atoms with E-state index in [4.69, 9.17) is 21.1 Å². The Bertz CT molecular complexity index is 1090. The van der Waals surface area contributed by atoms with Crippen LogP contribution in [0.5, 0.6) is 11.5 Å². The Balaban J connectivity index is 0.00000432. The number of hydrogen-bond acceptors (Lipinski definition) is 5. The predicted octanol–water partition coefficient (Wildman–Crippen LogP) is 5.86. The van der Waals surface area contributed by atoms with Crippen LogP contribution in [0.3, 0.4) is 0 Å². The molecule has 0 saturated carbocycles. The first kappa shape index (κ1) is 28.5. The number of hydrogen-bond donors (Lipinski definition) is 3. The third-order valence-corrected chi connectivity index (χ3v) is 5.33. The van der Waals surface area contributed by atoms with Crippen molar-refractivity contribution in [2.75, 3.05) is 26.3 Å². The molecule has 0 aliphatic carbocycles. The number of benzene rings is 3. The normalized spacial score (nSPS) is 11.6. The number of aliphatic hydroxyl groups is 1. The van der Waals surface area contributed by atoms with Crippen molar-refractivity contribution in [3.05, 3.63) is 82.9 Å². The van der Waals surface area contributed by atoms with E-state index in [0.717, 1.165) is 22.4 Å². The van der Waals surface area contributed by atoms with Crippen LogP contribution in [0.2, 0.25) is 5.02 Å². The third-order valence-electron chi connectivity index (χ3n) is 5.09. The summed E-state index contributed by atoms with van der Waals surface area (Å²) in [6.07, 6.45) is -0.639. The second-order valence-corrected chi connectivity index (χ2v) is 8.81. The zero-order valence-electron chi connectivity index (χ0n) is 19.7. The van der Waals surface area contributed by atoms with Crippen LogP contribution >= 0.6 is 24.0 Å². The molecule has 3 N–H and O–H groups in total. The quantitative estimate of drug-likeness (QED) is 0.259. The molecular formula is C27H31Cl2NO5. The average molecular weight is 520 g/mol. The summed E-state index contributed by atoms with van der Waals surface area (Å²) in [5, 5.41) is 23.4. The van der Waals surface area contributed by atoms with E-state index >= 15 is 0 Å². The lowest BCUT2D eigenvalue weighted by Crippen LogP contribution is -2.26. The number of ether oxygens (including phenoxy) is 2. The molecule has 0 heterocycles. The van der Waals surface area contributed by atoms with Crippen molar-refractivity contribution in [3.8, 4) is 22.6 Å². The Morgan fingerprint density at radius 2 is 1.71 bits per heavy atom. The largest absolute Gasteiger partial charge is 0.492 e. The molecule has 6 nitrogen and oxygen atoms in total. The lowest BCUT2D eigenvalue weighted by molar-refractivity contribution is 0.0691. The van der Waals surface area contributed by atoms with Crippen molar-refractivity contribution < 1.29 is 24.5 Å². The molecule has 0 saturated heterocycles. The standard InChI is InChI=1S/C27H30ClNO5.ClH/c1-18(2)17-34-26-15-20(8-11-24(26)27(31)32)19-6-9-23(10-7-19)33-13-12-29-16-25(30)21-4-3-5-22(28)14-21;/h3-11,14-15,18,25,29-30H,12-13,16-17H2,1-2H3,(H,31,32);1H/t25-;/m1./s1. The highest BCUT2D eigenvalue weighted by molar-refractivity contribution is 6.30. The molecule has 0 aromatic heterocycles. The fourth-order valence-electron chi connectivity index (χ4n) is 3.31. The lowest BCUT2D eigenvalue weighted by Gasteiger charge is -2.14. The predicted molar refractivity (Wildman–Crippen MR) is 141 cm³/mol. The molecule has 0 radical (unpaired) electrons. The van der Waals surface area contributed by atoms with E-state index in [1.54, 1.807) is 30.3 Å². The summed E-state index contributed by atoms with van der Waals surface area (Å²) in [6.45, 7) is 5.89. The molecular weight excluding hydrogens is 489 g/mol. The molecule has 35 heavy (non-hydrogen) atoms. The van der Waals surface area contributed by atoms with Crippen molar-refractivity contribution in [1.29, 1.82) is 0 Å². The fraction of sp³-hybridized carbons (Fsp3) is 0.296. The van der Waals surface area contributed by atoms with E-state index in [-0.39, 0.29) is 23.9 Å². The summed E-state index contributed by atoms with van der Waals surface area (Å²) < 4.78 is 11.5. The summed E-state index contributed by atoms with van der Waals surface area (Å²) in [5.41, 5.74) is 2.72. The van der Waals surface area contributed by atoms with Gasteiger partial charge < -0.3 is 25.0 Å². The van der Waals surface area contributed by atoms with Crippen LogP contribution in [0, 0.1) is 5.92 Å². The van der Waals surface area contributed by atoms with Gasteiger partial charge in [0.25, 0.3) is 0 Å². The average Bonchev–Trinajstić information content (AvgIpc) is 2.82. The minimum Gasteiger partial charge on any atom is -0.492 e. The monoisotopic (exact) mass is 519 g/mol. The minimum atomic E-state index is -1.01. The van der Waals surface area contributed by atoms with Gasteiger partial charge in [-0.25, -0.2) is 4.79 Å². The van der Waals surface area contributed by atoms with Gasteiger partial charge in [-0.3, -0.25) is 0 Å². The van der Waals surface area contributed by atoms with Crippen LogP contribution < -0.4 is 14.8 Å². The summed E-state index contributed by atoms with van der Waals surface area (Å²) in [7, 11) is 0. The molecule has 188 valence electrons. The number of carboxylic acid groups (broad SMARTS) is 1. The molecule has 3 rings (SSSR count). The maximum absolute atomic E-state index is 11.5. The Hall–Kier alpha value is -2.77. The minimum absolute atomic E-state index is 0. The maximum atomic E-state index is 11.5. The van der Waals surface area contributed by atoms with E-state index < -0.39 is 12.1 Å². The highest BCUT2D eigenvalue weighted by Gasteiger charge is 2.14. The Morgan fingerprint density at radius 3 is 2.37 bits per heavy atom. The van der Waals surface area contributed by atoms with Crippen LogP contribution in [-0.4, -0.2) is 42.5 Å². The first-order valence-corrected chi connectivity index (χ1v) is 11.6. The van der Waals surface area contributed by atoms with Crippen LogP contribution in [0.25, 0.3) is 11.1 Å². The van der Waals surface area contributed by atoms with Gasteiger partial charge in [-0.1, -0.05) is 55.8 Å². The first-order chi connectivity index (χ1) is 16.3. The molecule has 0 spiro atoms. The number of halogens is 2. The number of rotatable bonds is 12. The fourth-order valence-corrected chi connectivity index (χ4v) is 3.51. The van der Waals surface area contributed by atoms with Gasteiger partial charge in [-0.15, -0.1) is 12.4 Å². The van der Waals surface area contributed by atoms with Gasteiger partial charge in [-0.2, -0.15) is 0 Å². The number of aromatic carboxylic acids is 1. The van der Waals surface area contributed by atoms with Crippen molar-refractivity contribution in [1.82, 2.24) is 5.32 Å². The molecule has 0 fully saturated rings. The highest BCUT2D eigenvalue weighted by atomic mass is 35.5. The topological polar surface area (TPSA) is 88.0 Å².